The number of hydrogen-bond donors (Lipinski definition) is 0. The Balaban J connectivity index is 1.53. The molecule has 0 bridgehead atoms. The van der Waals surface area contributed by atoms with Crippen LogP contribution in [0.5, 0.6) is 0 Å². The molecule has 0 spiro atoms. The second kappa shape index (κ2) is 10.2. The van der Waals surface area contributed by atoms with Crippen LogP contribution < -0.4 is 4.90 Å². The third-order valence-corrected chi connectivity index (χ3v) is 7.56. The average Bonchev–Trinajstić information content (AvgIpc) is 3.66. The van der Waals surface area contributed by atoms with Gasteiger partial charge in [-0.3, -0.25) is 4.79 Å². The van der Waals surface area contributed by atoms with Crippen molar-refractivity contribution in [1.29, 1.82) is 0 Å². The molecule has 1 saturated heterocycles. The van der Waals surface area contributed by atoms with Crippen molar-refractivity contribution in [3.05, 3.63) is 75.4 Å². The number of rotatable bonds is 7. The molecule has 1 aliphatic carbocycles. The molecule has 1 aromatic heterocycles. The topological polar surface area (TPSA) is 44.6 Å². The zero-order valence-electron chi connectivity index (χ0n) is 20.3. The highest BCUT2D eigenvalue weighted by Gasteiger charge is 2.36. The first-order chi connectivity index (χ1) is 17.0. The molecule has 35 heavy (non-hydrogen) atoms. The average molecular weight is 512 g/mol. The van der Waals surface area contributed by atoms with E-state index in [-0.39, 0.29) is 11.9 Å². The highest BCUT2D eigenvalue weighted by Crippen LogP contribution is 2.36. The van der Waals surface area contributed by atoms with E-state index in [4.69, 9.17) is 28.3 Å². The number of amides is 1. The molecule has 0 unspecified atom stereocenters. The first kappa shape index (κ1) is 24.2. The molecule has 0 atom stereocenters. The molecule has 2 aliphatic rings. The summed E-state index contributed by atoms with van der Waals surface area (Å²) in [5.74, 6) is 1.04. The number of likely N-dealkylation sites (N-methyl/N-ethyl adjacent to an activating group) is 1. The van der Waals surface area contributed by atoms with Crippen LogP contribution in [0.1, 0.15) is 41.4 Å². The van der Waals surface area contributed by atoms with E-state index in [0.29, 0.717) is 22.2 Å². The van der Waals surface area contributed by atoms with Gasteiger partial charge >= 0.3 is 0 Å². The lowest BCUT2D eigenvalue weighted by Gasteiger charge is -2.36. The summed E-state index contributed by atoms with van der Waals surface area (Å²) in [6, 6.07) is 15.6. The van der Waals surface area contributed by atoms with Gasteiger partial charge in [0.05, 0.1) is 28.5 Å². The summed E-state index contributed by atoms with van der Waals surface area (Å²) >= 11 is 12.5. The van der Waals surface area contributed by atoms with Crippen molar-refractivity contribution in [2.75, 3.05) is 37.6 Å². The van der Waals surface area contributed by atoms with Crippen LogP contribution in [0.15, 0.2) is 48.5 Å². The van der Waals surface area contributed by atoms with Crippen molar-refractivity contribution in [3.8, 4) is 5.69 Å². The number of piperazine rings is 1. The fourth-order valence-electron chi connectivity index (χ4n) is 4.82. The fraction of sp³-hybridized carbons (Fsp3) is 0.407. The molecule has 6 nitrogen and oxygen atoms in total. The molecule has 1 aliphatic heterocycles. The molecule has 2 aromatic carbocycles. The van der Waals surface area contributed by atoms with Gasteiger partial charge in [-0.2, -0.15) is 5.10 Å². The Hall–Kier alpha value is -2.54. The molecular formula is C27H31Cl2N5O. The normalized spacial score (nSPS) is 16.5. The SMILES string of the molecule is CCN1CCN(c2c(CN(C(=O)c3ccc(Cl)cc3Cl)C3CC3)c(C)nn2-c2ccccc2)CC1. The minimum atomic E-state index is -0.0530. The first-order valence-electron chi connectivity index (χ1n) is 12.3. The monoisotopic (exact) mass is 511 g/mol. The van der Waals surface area contributed by atoms with Gasteiger partial charge in [0, 0.05) is 42.8 Å². The smallest absolute Gasteiger partial charge is 0.255 e. The van der Waals surface area contributed by atoms with Crippen molar-refractivity contribution in [3.63, 3.8) is 0 Å². The quantitative estimate of drug-likeness (QED) is 0.423. The number of nitrogens with zero attached hydrogens (tertiary/aromatic N) is 5. The van der Waals surface area contributed by atoms with E-state index in [1.165, 1.54) is 0 Å². The van der Waals surface area contributed by atoms with Crippen LogP contribution >= 0.6 is 23.2 Å². The van der Waals surface area contributed by atoms with Crippen LogP contribution in [0, 0.1) is 6.92 Å². The maximum Gasteiger partial charge on any atom is 0.255 e. The van der Waals surface area contributed by atoms with Crippen LogP contribution in [0.2, 0.25) is 10.0 Å². The number of anilines is 1. The largest absolute Gasteiger partial charge is 0.354 e. The number of hydrogen-bond acceptors (Lipinski definition) is 4. The number of para-hydroxylation sites is 1. The van der Waals surface area contributed by atoms with Gasteiger partial charge in [0.2, 0.25) is 0 Å². The van der Waals surface area contributed by atoms with E-state index in [1.54, 1.807) is 18.2 Å². The maximum atomic E-state index is 13.7. The lowest BCUT2D eigenvalue weighted by atomic mass is 10.1. The standard InChI is InChI=1S/C27H31Cl2N5O/c1-3-31-13-15-32(16-14-31)26-24(19(2)30-34(26)22-7-5-4-6-8-22)18-33(21-10-11-21)27(35)23-12-9-20(28)17-25(23)29/h4-9,12,17,21H,3,10-11,13-16,18H2,1-2H3. The van der Waals surface area contributed by atoms with Crippen LogP contribution in [0.25, 0.3) is 5.69 Å². The number of benzene rings is 2. The summed E-state index contributed by atoms with van der Waals surface area (Å²) in [5.41, 5.74) is 3.57. The molecule has 2 heterocycles. The third-order valence-electron chi connectivity index (χ3n) is 7.02. The lowest BCUT2D eigenvalue weighted by Crippen LogP contribution is -2.47. The molecule has 0 N–H and O–H groups in total. The van der Waals surface area contributed by atoms with E-state index >= 15 is 0 Å². The number of halogens is 2. The van der Waals surface area contributed by atoms with Crippen molar-refractivity contribution < 1.29 is 4.79 Å². The van der Waals surface area contributed by atoms with E-state index in [9.17, 15) is 4.79 Å². The molecular weight excluding hydrogens is 481 g/mol. The highest BCUT2D eigenvalue weighted by atomic mass is 35.5. The van der Waals surface area contributed by atoms with Gasteiger partial charge in [-0.05, 0) is 56.6 Å². The van der Waals surface area contributed by atoms with E-state index in [0.717, 1.165) is 68.3 Å². The van der Waals surface area contributed by atoms with Gasteiger partial charge in [0.1, 0.15) is 5.82 Å². The Morgan fingerprint density at radius 1 is 1.06 bits per heavy atom. The van der Waals surface area contributed by atoms with Crippen LogP contribution in [0.4, 0.5) is 5.82 Å². The summed E-state index contributed by atoms with van der Waals surface area (Å²) in [6.07, 6.45) is 2.01. The van der Waals surface area contributed by atoms with Crippen molar-refractivity contribution in [2.45, 2.75) is 39.3 Å². The molecule has 1 saturated carbocycles. The molecule has 2 fully saturated rings. The van der Waals surface area contributed by atoms with Crippen molar-refractivity contribution in [1.82, 2.24) is 19.6 Å². The Labute approximate surface area is 217 Å². The minimum absolute atomic E-state index is 0.0530. The van der Waals surface area contributed by atoms with Gasteiger partial charge in [-0.25, -0.2) is 4.68 Å². The van der Waals surface area contributed by atoms with Gasteiger partial charge < -0.3 is 14.7 Å². The van der Waals surface area contributed by atoms with Crippen molar-refractivity contribution >= 4 is 34.9 Å². The zero-order valence-corrected chi connectivity index (χ0v) is 21.8. The second-order valence-corrected chi connectivity index (χ2v) is 10.2. The molecule has 184 valence electrons. The maximum absolute atomic E-state index is 13.7. The fourth-order valence-corrected chi connectivity index (χ4v) is 5.31. The Morgan fingerprint density at radius 3 is 2.40 bits per heavy atom. The summed E-state index contributed by atoms with van der Waals surface area (Å²) in [6.45, 7) is 9.71. The third kappa shape index (κ3) is 5.06. The molecule has 8 heteroatoms. The van der Waals surface area contributed by atoms with Crippen LogP contribution in [0.3, 0.4) is 0 Å². The Morgan fingerprint density at radius 2 is 1.77 bits per heavy atom. The van der Waals surface area contributed by atoms with Gasteiger partial charge in [0.25, 0.3) is 5.91 Å². The second-order valence-electron chi connectivity index (χ2n) is 9.34. The van der Waals surface area contributed by atoms with Gasteiger partial charge in [-0.15, -0.1) is 0 Å². The van der Waals surface area contributed by atoms with E-state index in [2.05, 4.69) is 33.5 Å². The van der Waals surface area contributed by atoms with Gasteiger partial charge in [0.15, 0.2) is 0 Å². The first-order valence-corrected chi connectivity index (χ1v) is 13.1. The minimum Gasteiger partial charge on any atom is -0.354 e. The number of carbonyl (C=O) groups is 1. The summed E-state index contributed by atoms with van der Waals surface area (Å²) in [5, 5.41) is 5.88. The molecule has 5 rings (SSSR count). The summed E-state index contributed by atoms with van der Waals surface area (Å²) in [4.78, 5) is 20.5. The predicted molar refractivity (Wildman–Crippen MR) is 142 cm³/mol. The number of carbonyl (C=O) groups excluding carboxylic acids is 1. The number of aromatic nitrogens is 2. The molecule has 1 amide bonds. The van der Waals surface area contributed by atoms with Crippen molar-refractivity contribution in [2.24, 2.45) is 0 Å². The summed E-state index contributed by atoms with van der Waals surface area (Å²) in [7, 11) is 0. The van der Waals surface area contributed by atoms with E-state index < -0.39 is 0 Å². The Bertz CT molecular complexity index is 1200. The highest BCUT2D eigenvalue weighted by molar-refractivity contribution is 6.36. The summed E-state index contributed by atoms with van der Waals surface area (Å²) < 4.78 is 2.05. The zero-order chi connectivity index (χ0) is 24.5. The van der Waals surface area contributed by atoms with E-state index in [1.807, 2.05) is 30.0 Å². The Kier molecular flexibility index (Phi) is 7.05. The predicted octanol–water partition coefficient (Wildman–Crippen LogP) is 5.43. The molecule has 0 radical (unpaired) electrons. The lowest BCUT2D eigenvalue weighted by molar-refractivity contribution is 0.0730. The number of aryl methyl sites for hydroxylation is 1. The molecule has 3 aromatic rings. The van der Waals surface area contributed by atoms with Crippen LogP contribution in [-0.4, -0.2) is 64.3 Å². The van der Waals surface area contributed by atoms with Crippen LogP contribution in [-0.2, 0) is 6.54 Å². The van der Waals surface area contributed by atoms with Gasteiger partial charge in [-0.1, -0.05) is 48.3 Å².